The van der Waals surface area contributed by atoms with Crippen LogP contribution in [0.2, 0.25) is 0 Å². The zero-order valence-corrected chi connectivity index (χ0v) is 19.0. The van der Waals surface area contributed by atoms with E-state index in [1.165, 1.54) is 5.56 Å². The molecule has 0 atom stereocenters. The standard InChI is InChI=1S/C25H34NO3/c1-16(2)18-9-11-20(23(14-18)27-8)21-13-19(10-12-22(21)29-17(3)4)24-26(7)25(5,6)15-28-24/h9-14,16-17H,15H2,1-8H3/q+1. The zero-order valence-electron chi connectivity index (χ0n) is 19.0. The Morgan fingerprint density at radius 2 is 1.69 bits per heavy atom. The van der Waals surface area contributed by atoms with E-state index in [0.29, 0.717) is 12.5 Å². The Bertz CT molecular complexity index is 926. The molecule has 2 aromatic rings. The maximum Gasteiger partial charge on any atom is 0.370 e. The molecule has 4 heteroatoms. The lowest BCUT2D eigenvalue weighted by atomic mass is 9.96. The van der Waals surface area contributed by atoms with Gasteiger partial charge in [-0.3, -0.25) is 0 Å². The maximum atomic E-state index is 6.14. The second kappa shape index (κ2) is 8.10. The van der Waals surface area contributed by atoms with E-state index in [-0.39, 0.29) is 11.6 Å². The minimum Gasteiger partial charge on any atom is -0.496 e. The highest BCUT2D eigenvalue weighted by molar-refractivity contribution is 5.94. The third-order valence-electron chi connectivity index (χ3n) is 5.55. The van der Waals surface area contributed by atoms with E-state index in [1.54, 1.807) is 7.11 Å². The third-order valence-corrected chi connectivity index (χ3v) is 5.55. The smallest absolute Gasteiger partial charge is 0.370 e. The fourth-order valence-electron chi connectivity index (χ4n) is 3.51. The van der Waals surface area contributed by atoms with Gasteiger partial charge in [0.05, 0.1) is 18.8 Å². The minimum atomic E-state index is -0.0286. The van der Waals surface area contributed by atoms with Gasteiger partial charge in [-0.05, 0) is 49.6 Å². The van der Waals surface area contributed by atoms with Crippen LogP contribution in [0.4, 0.5) is 0 Å². The van der Waals surface area contributed by atoms with E-state index < -0.39 is 0 Å². The molecule has 0 saturated heterocycles. The van der Waals surface area contributed by atoms with Crippen molar-refractivity contribution in [2.45, 2.75) is 59.1 Å². The topological polar surface area (TPSA) is 30.7 Å². The lowest BCUT2D eigenvalue weighted by Gasteiger charge is -2.18. The van der Waals surface area contributed by atoms with Crippen molar-refractivity contribution in [3.63, 3.8) is 0 Å². The molecule has 4 nitrogen and oxygen atoms in total. The summed E-state index contributed by atoms with van der Waals surface area (Å²) in [5.74, 6) is 3.03. The molecule has 0 aromatic heterocycles. The molecule has 0 saturated carbocycles. The van der Waals surface area contributed by atoms with Gasteiger partial charge in [0, 0.05) is 25.0 Å². The highest BCUT2D eigenvalue weighted by Crippen LogP contribution is 2.39. The SMILES string of the molecule is COc1cc(C(C)C)ccc1-c1cc(C2=[N+](C)C(C)(C)CO2)ccc1OC(C)C. The van der Waals surface area contributed by atoms with Crippen LogP contribution in [0.3, 0.4) is 0 Å². The number of ether oxygens (including phenoxy) is 3. The van der Waals surface area contributed by atoms with Crippen molar-refractivity contribution in [2.24, 2.45) is 0 Å². The first kappa shape index (κ1) is 21.2. The van der Waals surface area contributed by atoms with Gasteiger partial charge < -0.3 is 14.2 Å². The average Bonchev–Trinajstić information content (AvgIpc) is 2.94. The Hall–Kier alpha value is -2.49. The van der Waals surface area contributed by atoms with Gasteiger partial charge in [0.2, 0.25) is 0 Å². The van der Waals surface area contributed by atoms with E-state index in [9.17, 15) is 0 Å². The van der Waals surface area contributed by atoms with E-state index in [2.05, 4.69) is 69.6 Å². The molecule has 1 aliphatic heterocycles. The molecular weight excluding hydrogens is 362 g/mol. The van der Waals surface area contributed by atoms with Crippen LogP contribution in [0.15, 0.2) is 36.4 Å². The summed E-state index contributed by atoms with van der Waals surface area (Å²) in [6.45, 7) is 13.5. The number of hydrogen-bond acceptors (Lipinski definition) is 3. The van der Waals surface area contributed by atoms with E-state index in [1.807, 2.05) is 19.9 Å². The molecular formula is C25H34NO3+. The summed E-state index contributed by atoms with van der Waals surface area (Å²) in [7, 11) is 3.81. The van der Waals surface area contributed by atoms with Crippen molar-refractivity contribution in [1.29, 1.82) is 0 Å². The van der Waals surface area contributed by atoms with Gasteiger partial charge in [0.25, 0.3) is 0 Å². The molecule has 0 radical (unpaired) electrons. The fraction of sp³-hybridized carbons (Fsp3) is 0.480. The van der Waals surface area contributed by atoms with Gasteiger partial charge in [0.1, 0.15) is 18.5 Å². The maximum absolute atomic E-state index is 6.14. The average molecular weight is 397 g/mol. The predicted molar refractivity (Wildman–Crippen MR) is 119 cm³/mol. The van der Waals surface area contributed by atoms with E-state index in [4.69, 9.17) is 14.2 Å². The number of benzene rings is 2. The molecule has 3 rings (SSSR count). The summed E-state index contributed by atoms with van der Waals surface area (Å²) >= 11 is 0. The summed E-state index contributed by atoms with van der Waals surface area (Å²) in [6, 6.07) is 12.7. The lowest BCUT2D eigenvalue weighted by Crippen LogP contribution is -2.33. The number of likely N-dealkylation sites (N-methyl/N-ethyl adjacent to an activating group) is 1. The van der Waals surface area contributed by atoms with Crippen molar-refractivity contribution in [2.75, 3.05) is 20.8 Å². The van der Waals surface area contributed by atoms with Crippen molar-refractivity contribution in [3.8, 4) is 22.6 Å². The summed E-state index contributed by atoms with van der Waals surface area (Å²) in [5, 5.41) is 0. The first-order valence-electron chi connectivity index (χ1n) is 10.4. The Morgan fingerprint density at radius 1 is 0.966 bits per heavy atom. The van der Waals surface area contributed by atoms with E-state index >= 15 is 0 Å². The number of nitrogens with zero attached hydrogens (tertiary/aromatic N) is 1. The minimum absolute atomic E-state index is 0.0286. The molecule has 0 aliphatic carbocycles. The van der Waals surface area contributed by atoms with Crippen LogP contribution < -0.4 is 9.47 Å². The summed E-state index contributed by atoms with van der Waals surface area (Å²) in [6.07, 6.45) is 0.0810. The highest BCUT2D eigenvalue weighted by atomic mass is 16.5. The number of hydrogen-bond donors (Lipinski definition) is 0. The van der Waals surface area contributed by atoms with Crippen LogP contribution in [0.5, 0.6) is 11.5 Å². The quantitative estimate of drug-likeness (QED) is 0.607. The van der Waals surface area contributed by atoms with Crippen molar-refractivity contribution in [3.05, 3.63) is 47.5 Å². The second-order valence-electron chi connectivity index (χ2n) is 8.96. The van der Waals surface area contributed by atoms with Crippen LogP contribution in [0, 0.1) is 0 Å². The lowest BCUT2D eigenvalue weighted by molar-refractivity contribution is -0.562. The normalized spacial score (nSPS) is 15.8. The van der Waals surface area contributed by atoms with Gasteiger partial charge in [-0.2, -0.15) is 4.58 Å². The van der Waals surface area contributed by atoms with Gasteiger partial charge >= 0.3 is 5.90 Å². The monoisotopic (exact) mass is 396 g/mol. The van der Waals surface area contributed by atoms with Gasteiger partial charge in [-0.25, -0.2) is 0 Å². The van der Waals surface area contributed by atoms with Crippen LogP contribution >= 0.6 is 0 Å². The van der Waals surface area contributed by atoms with Crippen LogP contribution in [-0.2, 0) is 4.74 Å². The molecule has 29 heavy (non-hydrogen) atoms. The van der Waals surface area contributed by atoms with Crippen molar-refractivity contribution >= 4 is 5.90 Å². The summed E-state index contributed by atoms with van der Waals surface area (Å²) in [5.41, 5.74) is 4.30. The second-order valence-corrected chi connectivity index (χ2v) is 8.96. The molecule has 1 aliphatic rings. The van der Waals surface area contributed by atoms with Crippen molar-refractivity contribution in [1.82, 2.24) is 0 Å². The van der Waals surface area contributed by atoms with Gasteiger partial charge in [0.15, 0.2) is 12.1 Å². The number of methoxy groups -OCH3 is 1. The summed E-state index contributed by atoms with van der Waals surface area (Å²) in [4.78, 5) is 0. The Labute approximate surface area is 175 Å². The highest BCUT2D eigenvalue weighted by Gasteiger charge is 2.40. The molecule has 0 amide bonds. The molecule has 0 spiro atoms. The molecule has 0 unspecified atom stereocenters. The van der Waals surface area contributed by atoms with Crippen molar-refractivity contribution < 1.29 is 18.8 Å². The molecule has 0 bridgehead atoms. The molecule has 0 fully saturated rings. The van der Waals surface area contributed by atoms with Gasteiger partial charge in [-0.15, -0.1) is 0 Å². The van der Waals surface area contributed by atoms with Gasteiger partial charge in [-0.1, -0.05) is 26.0 Å². The Balaban J connectivity index is 2.17. The van der Waals surface area contributed by atoms with Crippen LogP contribution in [0.25, 0.3) is 11.1 Å². The molecule has 0 N–H and O–H groups in total. The first-order chi connectivity index (χ1) is 13.6. The summed E-state index contributed by atoms with van der Waals surface area (Å²) < 4.78 is 20.2. The largest absolute Gasteiger partial charge is 0.496 e. The predicted octanol–water partition coefficient (Wildman–Crippen LogP) is 5.47. The van der Waals surface area contributed by atoms with Crippen LogP contribution in [0.1, 0.15) is 58.6 Å². The van der Waals surface area contributed by atoms with E-state index in [0.717, 1.165) is 34.1 Å². The Kier molecular flexibility index (Phi) is 5.92. The fourth-order valence-corrected chi connectivity index (χ4v) is 3.51. The zero-order chi connectivity index (χ0) is 21.3. The van der Waals surface area contributed by atoms with Crippen LogP contribution in [-0.4, -0.2) is 42.9 Å². The first-order valence-corrected chi connectivity index (χ1v) is 10.4. The third kappa shape index (κ3) is 4.26. The molecule has 1 heterocycles. The number of rotatable bonds is 6. The molecule has 156 valence electrons. The molecule has 2 aromatic carbocycles. The Morgan fingerprint density at radius 3 is 2.24 bits per heavy atom.